The summed E-state index contributed by atoms with van der Waals surface area (Å²) in [6.45, 7) is 6.18. The largest absolute Gasteiger partial charge is 0.388 e. The van der Waals surface area contributed by atoms with E-state index in [1.807, 2.05) is 42.7 Å². The van der Waals surface area contributed by atoms with E-state index >= 15 is 0 Å². The second-order valence-corrected chi connectivity index (χ2v) is 5.56. The summed E-state index contributed by atoms with van der Waals surface area (Å²) in [4.78, 5) is 12.0. The Bertz CT molecular complexity index is 614. The van der Waals surface area contributed by atoms with Crippen molar-refractivity contribution >= 4 is 16.8 Å². The Morgan fingerprint density at radius 1 is 1.40 bits per heavy atom. The van der Waals surface area contributed by atoms with Crippen LogP contribution in [-0.4, -0.2) is 27.7 Å². The summed E-state index contributed by atoms with van der Waals surface area (Å²) in [5.41, 5.74) is 1.27. The van der Waals surface area contributed by atoms with Gasteiger partial charge in [0.1, 0.15) is 6.54 Å². The summed E-state index contributed by atoms with van der Waals surface area (Å²) >= 11 is 0. The Kier molecular flexibility index (Phi) is 4.14. The fraction of sp³-hybridized carbons (Fsp3) is 0.438. The monoisotopic (exact) mass is 274 g/mol. The molecule has 2 N–H and O–H groups in total. The second kappa shape index (κ2) is 5.67. The standard InChI is InChI=1S/C16H22N2O2/c1-4-16(3,20)11-17-15(19)10-18-12(2)9-13-7-5-6-8-14(13)18/h5-9,20H,4,10-11H2,1-3H3,(H,17,19). The Morgan fingerprint density at radius 3 is 2.80 bits per heavy atom. The molecule has 20 heavy (non-hydrogen) atoms. The lowest BCUT2D eigenvalue weighted by Crippen LogP contribution is -2.41. The number of nitrogens with one attached hydrogen (secondary N) is 1. The highest BCUT2D eigenvalue weighted by molar-refractivity contribution is 5.84. The van der Waals surface area contributed by atoms with Gasteiger partial charge in [0.25, 0.3) is 0 Å². The van der Waals surface area contributed by atoms with E-state index in [0.29, 0.717) is 6.42 Å². The van der Waals surface area contributed by atoms with Crippen molar-refractivity contribution in [1.82, 2.24) is 9.88 Å². The van der Waals surface area contributed by atoms with E-state index in [0.717, 1.165) is 16.6 Å². The maximum atomic E-state index is 12.0. The zero-order valence-electron chi connectivity index (χ0n) is 12.3. The van der Waals surface area contributed by atoms with Crippen LogP contribution in [0.2, 0.25) is 0 Å². The predicted octanol–water partition coefficient (Wildman–Crippen LogP) is 2.23. The predicted molar refractivity (Wildman–Crippen MR) is 80.6 cm³/mol. The van der Waals surface area contributed by atoms with Gasteiger partial charge in [0.05, 0.1) is 5.60 Å². The second-order valence-electron chi connectivity index (χ2n) is 5.56. The first-order valence-corrected chi connectivity index (χ1v) is 6.97. The minimum atomic E-state index is -0.844. The fourth-order valence-corrected chi connectivity index (χ4v) is 2.17. The molecule has 0 fully saturated rings. The third kappa shape index (κ3) is 3.20. The van der Waals surface area contributed by atoms with Crippen LogP contribution in [0, 0.1) is 6.92 Å². The van der Waals surface area contributed by atoms with Gasteiger partial charge in [0, 0.05) is 17.8 Å². The van der Waals surface area contributed by atoms with Crippen molar-refractivity contribution in [3.05, 3.63) is 36.0 Å². The zero-order chi connectivity index (χ0) is 14.8. The molecule has 1 heterocycles. The molecule has 0 saturated carbocycles. The summed E-state index contributed by atoms with van der Waals surface area (Å²) in [5.74, 6) is -0.0804. The molecule has 108 valence electrons. The van der Waals surface area contributed by atoms with Gasteiger partial charge >= 0.3 is 0 Å². The van der Waals surface area contributed by atoms with Crippen molar-refractivity contribution in [3.63, 3.8) is 0 Å². The van der Waals surface area contributed by atoms with Gasteiger partial charge in [-0.15, -0.1) is 0 Å². The van der Waals surface area contributed by atoms with Gasteiger partial charge in [-0.1, -0.05) is 25.1 Å². The number of aliphatic hydroxyl groups is 1. The molecule has 0 bridgehead atoms. The molecule has 1 aromatic carbocycles. The molecule has 0 saturated heterocycles. The molecule has 1 atom stereocenters. The number of nitrogens with zero attached hydrogens (tertiary/aromatic N) is 1. The average Bonchev–Trinajstić information content (AvgIpc) is 2.73. The summed E-state index contributed by atoms with van der Waals surface area (Å²) in [6.07, 6.45) is 0.610. The summed E-state index contributed by atoms with van der Waals surface area (Å²) in [6, 6.07) is 10.1. The van der Waals surface area contributed by atoms with Crippen LogP contribution in [0.3, 0.4) is 0 Å². The maximum absolute atomic E-state index is 12.0. The molecule has 1 amide bonds. The van der Waals surface area contributed by atoms with Crippen LogP contribution < -0.4 is 5.32 Å². The number of aryl methyl sites for hydroxylation is 1. The normalized spacial score (nSPS) is 14.2. The number of para-hydroxylation sites is 1. The molecule has 0 aliphatic rings. The molecule has 0 aliphatic carbocycles. The number of rotatable bonds is 5. The first kappa shape index (κ1) is 14.6. The number of carbonyl (C=O) groups is 1. The molecule has 1 aromatic heterocycles. The van der Waals surface area contributed by atoms with E-state index in [1.54, 1.807) is 6.92 Å². The van der Waals surface area contributed by atoms with Crippen LogP contribution in [0.4, 0.5) is 0 Å². The number of benzene rings is 1. The van der Waals surface area contributed by atoms with E-state index in [4.69, 9.17) is 0 Å². The SMILES string of the molecule is CCC(C)(O)CNC(=O)Cn1c(C)cc2ccccc21. The Balaban J connectivity index is 2.09. The Morgan fingerprint density at radius 2 is 2.10 bits per heavy atom. The number of amides is 1. The van der Waals surface area contributed by atoms with Gasteiger partial charge < -0.3 is 15.0 Å². The first-order valence-electron chi connectivity index (χ1n) is 6.97. The molecule has 2 aromatic rings. The molecule has 0 aliphatic heterocycles. The molecular weight excluding hydrogens is 252 g/mol. The highest BCUT2D eigenvalue weighted by Gasteiger charge is 2.18. The molecule has 0 spiro atoms. The van der Waals surface area contributed by atoms with Gasteiger partial charge in [-0.25, -0.2) is 0 Å². The van der Waals surface area contributed by atoms with Crippen molar-refractivity contribution in [3.8, 4) is 0 Å². The number of aromatic nitrogens is 1. The lowest BCUT2D eigenvalue weighted by Gasteiger charge is -2.21. The molecule has 2 rings (SSSR count). The fourth-order valence-electron chi connectivity index (χ4n) is 2.17. The zero-order valence-corrected chi connectivity index (χ0v) is 12.3. The van der Waals surface area contributed by atoms with Crippen LogP contribution in [-0.2, 0) is 11.3 Å². The third-order valence-electron chi connectivity index (χ3n) is 3.75. The quantitative estimate of drug-likeness (QED) is 0.878. The number of fused-ring (bicyclic) bond motifs is 1. The van der Waals surface area contributed by atoms with E-state index in [9.17, 15) is 9.90 Å². The topological polar surface area (TPSA) is 54.3 Å². The minimum Gasteiger partial charge on any atom is -0.388 e. The first-order chi connectivity index (χ1) is 9.43. The molecule has 4 nitrogen and oxygen atoms in total. The van der Waals surface area contributed by atoms with Crippen molar-refractivity contribution in [2.45, 2.75) is 39.3 Å². The molecule has 4 heteroatoms. The van der Waals surface area contributed by atoms with Crippen molar-refractivity contribution in [2.75, 3.05) is 6.54 Å². The van der Waals surface area contributed by atoms with E-state index in [-0.39, 0.29) is 19.0 Å². The smallest absolute Gasteiger partial charge is 0.240 e. The maximum Gasteiger partial charge on any atom is 0.240 e. The number of carbonyl (C=O) groups excluding carboxylic acids is 1. The van der Waals surface area contributed by atoms with Crippen LogP contribution in [0.1, 0.15) is 26.0 Å². The lowest BCUT2D eigenvalue weighted by atomic mass is 10.0. The van der Waals surface area contributed by atoms with Gasteiger partial charge in [-0.2, -0.15) is 0 Å². The summed E-state index contributed by atoms with van der Waals surface area (Å²) < 4.78 is 1.99. The number of hydrogen-bond donors (Lipinski definition) is 2. The van der Waals surface area contributed by atoms with E-state index in [1.165, 1.54) is 0 Å². The highest BCUT2D eigenvalue weighted by Crippen LogP contribution is 2.18. The minimum absolute atomic E-state index is 0.0804. The number of hydrogen-bond acceptors (Lipinski definition) is 2. The Hall–Kier alpha value is -1.81. The van der Waals surface area contributed by atoms with E-state index < -0.39 is 5.60 Å². The van der Waals surface area contributed by atoms with Gasteiger partial charge in [0.2, 0.25) is 5.91 Å². The molecule has 0 radical (unpaired) electrons. The van der Waals surface area contributed by atoms with Crippen LogP contribution in [0.5, 0.6) is 0 Å². The van der Waals surface area contributed by atoms with Gasteiger partial charge in [0.15, 0.2) is 0 Å². The van der Waals surface area contributed by atoms with Crippen LogP contribution >= 0.6 is 0 Å². The van der Waals surface area contributed by atoms with Crippen molar-refractivity contribution in [1.29, 1.82) is 0 Å². The molecule has 1 unspecified atom stereocenters. The average molecular weight is 274 g/mol. The van der Waals surface area contributed by atoms with Crippen LogP contribution in [0.25, 0.3) is 10.9 Å². The Labute approximate surface area is 119 Å². The van der Waals surface area contributed by atoms with Gasteiger partial charge in [-0.05, 0) is 37.8 Å². The highest BCUT2D eigenvalue weighted by atomic mass is 16.3. The van der Waals surface area contributed by atoms with Crippen LogP contribution in [0.15, 0.2) is 30.3 Å². The van der Waals surface area contributed by atoms with E-state index in [2.05, 4.69) is 11.4 Å². The lowest BCUT2D eigenvalue weighted by molar-refractivity contribution is -0.122. The summed E-state index contributed by atoms with van der Waals surface area (Å²) in [5, 5.41) is 13.8. The van der Waals surface area contributed by atoms with Crippen molar-refractivity contribution in [2.24, 2.45) is 0 Å². The third-order valence-corrected chi connectivity index (χ3v) is 3.75. The summed E-state index contributed by atoms with van der Waals surface area (Å²) in [7, 11) is 0. The molecular formula is C16H22N2O2. The van der Waals surface area contributed by atoms with Gasteiger partial charge in [-0.3, -0.25) is 4.79 Å². The van der Waals surface area contributed by atoms with Crippen molar-refractivity contribution < 1.29 is 9.90 Å².